The van der Waals surface area contributed by atoms with E-state index in [4.69, 9.17) is 11.6 Å². The van der Waals surface area contributed by atoms with Crippen LogP contribution in [0.25, 0.3) is 0 Å². The minimum Gasteiger partial charge on any atom is -0.481 e. The Morgan fingerprint density at radius 1 is 1.50 bits per heavy atom. The maximum Gasteiger partial charge on any atom is 0.310 e. The van der Waals surface area contributed by atoms with Crippen molar-refractivity contribution in [2.45, 2.75) is 26.3 Å². The van der Waals surface area contributed by atoms with Gasteiger partial charge < -0.3 is 5.11 Å². The van der Waals surface area contributed by atoms with Crippen LogP contribution < -0.4 is 0 Å². The highest BCUT2D eigenvalue weighted by molar-refractivity contribution is 6.31. The lowest BCUT2D eigenvalue weighted by molar-refractivity contribution is -0.148. The number of hydrogen-bond acceptors (Lipinski definition) is 2. The van der Waals surface area contributed by atoms with Gasteiger partial charge in [-0.2, -0.15) is 0 Å². The third kappa shape index (κ3) is 2.52. The second-order valence-corrected chi connectivity index (χ2v) is 5.40. The maximum absolute atomic E-state index is 11.4. The number of nitrogens with zero attached hydrogens (tertiary/aromatic N) is 1. The monoisotopic (exact) mass is 267 g/mol. The number of carboxylic acid groups (broad SMARTS) is 1. The van der Waals surface area contributed by atoms with Gasteiger partial charge in [0.05, 0.1) is 5.41 Å². The maximum atomic E-state index is 11.4. The molecule has 1 aromatic carbocycles. The summed E-state index contributed by atoms with van der Waals surface area (Å²) in [6, 6.07) is 7.73. The van der Waals surface area contributed by atoms with E-state index in [1.807, 2.05) is 31.2 Å². The fourth-order valence-electron chi connectivity index (χ4n) is 2.58. The molecule has 1 unspecified atom stereocenters. The Morgan fingerprint density at radius 3 is 2.78 bits per heavy atom. The van der Waals surface area contributed by atoms with E-state index in [2.05, 4.69) is 4.90 Å². The zero-order valence-corrected chi connectivity index (χ0v) is 11.3. The first-order chi connectivity index (χ1) is 8.57. The first-order valence-electron chi connectivity index (χ1n) is 6.26. The minimum absolute atomic E-state index is 0.568. The molecular weight excluding hydrogens is 250 g/mol. The molecule has 98 valence electrons. The molecule has 0 spiro atoms. The van der Waals surface area contributed by atoms with Gasteiger partial charge in [0.2, 0.25) is 0 Å². The predicted octanol–water partition coefficient (Wildman–Crippen LogP) is 3.03. The van der Waals surface area contributed by atoms with Crippen molar-refractivity contribution in [3.63, 3.8) is 0 Å². The van der Waals surface area contributed by atoms with Crippen LogP contribution in [0, 0.1) is 5.41 Å². The summed E-state index contributed by atoms with van der Waals surface area (Å²) in [6.45, 7) is 4.12. The molecule has 4 heteroatoms. The number of benzene rings is 1. The number of halogens is 1. The lowest BCUT2D eigenvalue weighted by Crippen LogP contribution is -2.33. The molecule has 2 rings (SSSR count). The van der Waals surface area contributed by atoms with E-state index >= 15 is 0 Å². The molecule has 0 saturated carbocycles. The third-order valence-electron chi connectivity index (χ3n) is 3.92. The molecular formula is C14H18ClNO2. The van der Waals surface area contributed by atoms with Crippen LogP contribution in [0.1, 0.15) is 25.3 Å². The molecule has 18 heavy (non-hydrogen) atoms. The average molecular weight is 268 g/mol. The van der Waals surface area contributed by atoms with Gasteiger partial charge in [-0.15, -0.1) is 0 Å². The molecule has 0 amide bonds. The van der Waals surface area contributed by atoms with Crippen molar-refractivity contribution < 1.29 is 9.90 Å². The molecule has 1 saturated heterocycles. The molecule has 3 nitrogen and oxygen atoms in total. The zero-order valence-electron chi connectivity index (χ0n) is 10.5. The quantitative estimate of drug-likeness (QED) is 0.912. The number of hydrogen-bond donors (Lipinski definition) is 1. The summed E-state index contributed by atoms with van der Waals surface area (Å²) in [7, 11) is 0. The summed E-state index contributed by atoms with van der Waals surface area (Å²) in [5, 5.41) is 10.1. The summed E-state index contributed by atoms with van der Waals surface area (Å²) in [5.41, 5.74) is 0.498. The topological polar surface area (TPSA) is 40.5 Å². The Balaban J connectivity index is 2.06. The van der Waals surface area contributed by atoms with Crippen LogP contribution in [0.2, 0.25) is 5.02 Å². The lowest BCUT2D eigenvalue weighted by atomic mass is 9.84. The van der Waals surface area contributed by atoms with Gasteiger partial charge in [0.1, 0.15) is 0 Å². The Bertz CT molecular complexity index is 449. The average Bonchev–Trinajstić information content (AvgIpc) is 2.77. The standard InChI is InChI=1S/C14H18ClNO2/c1-2-14(13(17)18)7-8-16(10-14)9-11-5-3-4-6-12(11)15/h3-6H,2,7-10H2,1H3,(H,17,18). The number of carboxylic acids is 1. The molecule has 1 heterocycles. The van der Waals surface area contributed by atoms with Crippen molar-refractivity contribution >= 4 is 17.6 Å². The van der Waals surface area contributed by atoms with Crippen LogP contribution in [0.5, 0.6) is 0 Å². The molecule has 0 bridgehead atoms. The van der Waals surface area contributed by atoms with Crippen LogP contribution in [-0.2, 0) is 11.3 Å². The van der Waals surface area contributed by atoms with Crippen LogP contribution >= 0.6 is 11.6 Å². The predicted molar refractivity (Wildman–Crippen MR) is 71.7 cm³/mol. The lowest BCUT2D eigenvalue weighted by Gasteiger charge is -2.23. The number of likely N-dealkylation sites (tertiary alicyclic amines) is 1. The van der Waals surface area contributed by atoms with E-state index in [9.17, 15) is 9.90 Å². The van der Waals surface area contributed by atoms with Crippen LogP contribution in [0.4, 0.5) is 0 Å². The molecule has 0 aromatic heterocycles. The molecule has 1 aliphatic rings. The van der Waals surface area contributed by atoms with Crippen LogP contribution in [0.3, 0.4) is 0 Å². The number of rotatable bonds is 4. The van der Waals surface area contributed by atoms with Crippen molar-refractivity contribution in [1.29, 1.82) is 0 Å². The minimum atomic E-state index is -0.674. The first-order valence-corrected chi connectivity index (χ1v) is 6.64. The summed E-state index contributed by atoms with van der Waals surface area (Å²) < 4.78 is 0. The van der Waals surface area contributed by atoms with Gasteiger partial charge in [-0.05, 0) is 31.0 Å². The van der Waals surface area contributed by atoms with E-state index in [0.29, 0.717) is 13.0 Å². The van der Waals surface area contributed by atoms with Gasteiger partial charge in [-0.1, -0.05) is 36.7 Å². The summed E-state index contributed by atoms with van der Waals surface area (Å²) in [4.78, 5) is 13.5. The molecule has 1 atom stereocenters. The summed E-state index contributed by atoms with van der Waals surface area (Å²) >= 11 is 6.13. The first kappa shape index (κ1) is 13.4. The SMILES string of the molecule is CCC1(C(=O)O)CCN(Cc2ccccc2Cl)C1. The smallest absolute Gasteiger partial charge is 0.310 e. The van der Waals surface area contributed by atoms with E-state index in [-0.39, 0.29) is 0 Å². The Morgan fingerprint density at radius 2 is 2.22 bits per heavy atom. The Labute approximate surface area is 112 Å². The van der Waals surface area contributed by atoms with Gasteiger partial charge >= 0.3 is 5.97 Å². The molecule has 1 aliphatic heterocycles. The van der Waals surface area contributed by atoms with Crippen molar-refractivity contribution in [2.24, 2.45) is 5.41 Å². The van der Waals surface area contributed by atoms with E-state index < -0.39 is 11.4 Å². The summed E-state index contributed by atoms with van der Waals surface area (Å²) in [6.07, 6.45) is 1.41. The van der Waals surface area contributed by atoms with Gasteiger partial charge in [-0.25, -0.2) is 0 Å². The van der Waals surface area contributed by atoms with Gasteiger partial charge in [0.25, 0.3) is 0 Å². The second-order valence-electron chi connectivity index (χ2n) is 4.99. The number of carbonyl (C=O) groups is 1. The summed E-state index contributed by atoms with van der Waals surface area (Å²) in [5.74, 6) is -0.674. The number of aliphatic carboxylic acids is 1. The van der Waals surface area contributed by atoms with Crippen molar-refractivity contribution in [3.8, 4) is 0 Å². The molecule has 1 fully saturated rings. The molecule has 0 radical (unpaired) electrons. The van der Waals surface area contributed by atoms with E-state index in [1.165, 1.54) is 0 Å². The van der Waals surface area contributed by atoms with Crippen LogP contribution in [0.15, 0.2) is 24.3 Å². The Hall–Kier alpha value is -1.06. The van der Waals surface area contributed by atoms with Crippen molar-refractivity contribution in [1.82, 2.24) is 4.90 Å². The van der Waals surface area contributed by atoms with Gasteiger partial charge in [-0.3, -0.25) is 9.69 Å². The molecule has 1 aromatic rings. The van der Waals surface area contributed by atoms with Crippen LogP contribution in [-0.4, -0.2) is 29.1 Å². The molecule has 0 aliphatic carbocycles. The Kier molecular flexibility index (Phi) is 3.93. The largest absolute Gasteiger partial charge is 0.481 e. The zero-order chi connectivity index (χ0) is 13.2. The van der Waals surface area contributed by atoms with Gasteiger partial charge in [0.15, 0.2) is 0 Å². The fraction of sp³-hybridized carbons (Fsp3) is 0.500. The van der Waals surface area contributed by atoms with Crippen molar-refractivity contribution in [3.05, 3.63) is 34.9 Å². The highest BCUT2D eigenvalue weighted by Crippen LogP contribution is 2.35. The van der Waals surface area contributed by atoms with E-state index in [0.717, 1.165) is 30.1 Å². The fourth-order valence-corrected chi connectivity index (χ4v) is 2.77. The van der Waals surface area contributed by atoms with E-state index in [1.54, 1.807) is 0 Å². The highest BCUT2D eigenvalue weighted by atomic mass is 35.5. The molecule has 1 N–H and O–H groups in total. The van der Waals surface area contributed by atoms with Crippen molar-refractivity contribution in [2.75, 3.05) is 13.1 Å². The second kappa shape index (κ2) is 5.29. The normalized spacial score (nSPS) is 24.3. The third-order valence-corrected chi connectivity index (χ3v) is 4.28. The van der Waals surface area contributed by atoms with Gasteiger partial charge in [0, 0.05) is 18.1 Å². The highest BCUT2D eigenvalue weighted by Gasteiger charge is 2.43.